The first-order valence-electron chi connectivity index (χ1n) is 6.18. The summed E-state index contributed by atoms with van der Waals surface area (Å²) in [6.07, 6.45) is 3.54. The van der Waals surface area contributed by atoms with Gasteiger partial charge in [-0.15, -0.1) is 0 Å². The molecule has 1 aromatic carbocycles. The molecule has 0 aliphatic heterocycles. The summed E-state index contributed by atoms with van der Waals surface area (Å²) in [4.78, 5) is 0. The van der Waals surface area contributed by atoms with E-state index < -0.39 is 0 Å². The summed E-state index contributed by atoms with van der Waals surface area (Å²) in [6, 6.07) is 4.58. The first-order valence-corrected chi connectivity index (χ1v) is 6.97. The Hall–Kier alpha value is -0.570. The summed E-state index contributed by atoms with van der Waals surface area (Å²) in [5, 5.41) is 0. The Bertz CT molecular complexity index is 394. The molecule has 1 aliphatic carbocycles. The van der Waals surface area contributed by atoms with Crippen LogP contribution in [0, 0.1) is 17.7 Å². The molecule has 1 aromatic rings. The average molecular weight is 301 g/mol. The third-order valence-corrected chi connectivity index (χ3v) is 4.39. The van der Waals surface area contributed by atoms with E-state index in [1.54, 1.807) is 6.07 Å². The molecule has 1 aliphatic rings. The molecule has 1 saturated carbocycles. The van der Waals surface area contributed by atoms with Crippen LogP contribution in [0.25, 0.3) is 0 Å². The van der Waals surface area contributed by atoms with E-state index in [-0.39, 0.29) is 11.9 Å². The zero-order chi connectivity index (χ0) is 12.4. The second-order valence-electron chi connectivity index (χ2n) is 5.08. The van der Waals surface area contributed by atoms with Crippen LogP contribution in [0.15, 0.2) is 22.7 Å². The molecule has 0 amide bonds. The second kappa shape index (κ2) is 5.38. The van der Waals surface area contributed by atoms with Gasteiger partial charge in [-0.2, -0.15) is 0 Å². The maximum atomic E-state index is 13.1. The molecule has 0 saturated heterocycles. The predicted molar refractivity (Wildman–Crippen MR) is 70.7 cm³/mol. The van der Waals surface area contributed by atoms with Gasteiger partial charge in [-0.3, -0.25) is 0 Å². The Morgan fingerprint density at radius 2 is 2.00 bits per heavy atom. The zero-order valence-corrected chi connectivity index (χ0v) is 11.8. The van der Waals surface area contributed by atoms with E-state index in [1.807, 2.05) is 0 Å². The lowest BCUT2D eigenvalue weighted by Gasteiger charge is -2.32. The predicted octanol–water partition coefficient (Wildman–Crippen LogP) is 4.79. The van der Waals surface area contributed by atoms with Crippen molar-refractivity contribution in [2.24, 2.45) is 11.8 Å². The average Bonchev–Trinajstić information content (AvgIpc) is 2.29. The third kappa shape index (κ3) is 3.21. The van der Waals surface area contributed by atoms with Crippen molar-refractivity contribution in [1.82, 2.24) is 0 Å². The molecule has 0 bridgehead atoms. The van der Waals surface area contributed by atoms with Gasteiger partial charge in [0.15, 0.2) is 0 Å². The first-order chi connectivity index (χ1) is 8.06. The molecule has 0 N–H and O–H groups in total. The van der Waals surface area contributed by atoms with Gasteiger partial charge in [0.05, 0.1) is 10.6 Å². The van der Waals surface area contributed by atoms with Crippen molar-refractivity contribution < 1.29 is 9.13 Å². The SMILES string of the molecule is CC1CCC(Oc2cc(F)ccc2Br)CC1C. The van der Waals surface area contributed by atoms with Gasteiger partial charge in [-0.1, -0.05) is 13.8 Å². The van der Waals surface area contributed by atoms with Crippen molar-refractivity contribution in [2.45, 2.75) is 39.2 Å². The lowest BCUT2D eigenvalue weighted by atomic mass is 9.80. The highest BCUT2D eigenvalue weighted by molar-refractivity contribution is 9.10. The molecule has 3 atom stereocenters. The van der Waals surface area contributed by atoms with Gasteiger partial charge in [0.2, 0.25) is 0 Å². The molecule has 3 heteroatoms. The third-order valence-electron chi connectivity index (χ3n) is 3.74. The number of halogens is 2. The molecule has 0 aromatic heterocycles. The van der Waals surface area contributed by atoms with E-state index in [2.05, 4.69) is 29.8 Å². The summed E-state index contributed by atoms with van der Waals surface area (Å²) in [5.74, 6) is 1.82. The molecular formula is C14H18BrFO. The Kier molecular flexibility index (Phi) is 4.08. The maximum absolute atomic E-state index is 13.1. The number of ether oxygens (including phenoxy) is 1. The topological polar surface area (TPSA) is 9.23 Å². The number of benzene rings is 1. The highest BCUT2D eigenvalue weighted by Gasteiger charge is 2.26. The van der Waals surface area contributed by atoms with Gasteiger partial charge in [0.1, 0.15) is 11.6 Å². The molecule has 94 valence electrons. The molecule has 0 radical (unpaired) electrons. The summed E-state index contributed by atoms with van der Waals surface area (Å²) in [5.41, 5.74) is 0. The Morgan fingerprint density at radius 1 is 1.24 bits per heavy atom. The summed E-state index contributed by atoms with van der Waals surface area (Å²) >= 11 is 3.39. The van der Waals surface area contributed by atoms with Gasteiger partial charge in [-0.05, 0) is 59.2 Å². The molecule has 17 heavy (non-hydrogen) atoms. The number of hydrogen-bond donors (Lipinski definition) is 0. The number of hydrogen-bond acceptors (Lipinski definition) is 1. The van der Waals surface area contributed by atoms with E-state index in [1.165, 1.54) is 18.6 Å². The van der Waals surface area contributed by atoms with Gasteiger partial charge in [0, 0.05) is 6.07 Å². The van der Waals surface area contributed by atoms with Crippen LogP contribution in [0.2, 0.25) is 0 Å². The summed E-state index contributed by atoms with van der Waals surface area (Å²) in [6.45, 7) is 4.56. The molecule has 3 unspecified atom stereocenters. The highest BCUT2D eigenvalue weighted by Crippen LogP contribution is 2.34. The van der Waals surface area contributed by atoms with E-state index >= 15 is 0 Å². The van der Waals surface area contributed by atoms with Crippen LogP contribution in [0.3, 0.4) is 0 Å². The van der Waals surface area contributed by atoms with Crippen molar-refractivity contribution in [1.29, 1.82) is 0 Å². The van der Waals surface area contributed by atoms with Crippen LogP contribution in [-0.4, -0.2) is 6.10 Å². The quantitative estimate of drug-likeness (QED) is 0.763. The molecule has 1 fully saturated rings. The molecular weight excluding hydrogens is 283 g/mol. The van der Waals surface area contributed by atoms with Crippen molar-refractivity contribution in [3.8, 4) is 5.75 Å². The second-order valence-corrected chi connectivity index (χ2v) is 5.94. The van der Waals surface area contributed by atoms with E-state index in [9.17, 15) is 4.39 Å². The smallest absolute Gasteiger partial charge is 0.136 e. The minimum atomic E-state index is -0.250. The summed E-state index contributed by atoms with van der Waals surface area (Å²) < 4.78 is 19.9. The van der Waals surface area contributed by atoms with Crippen LogP contribution in [0.5, 0.6) is 5.75 Å². The highest BCUT2D eigenvalue weighted by atomic mass is 79.9. The van der Waals surface area contributed by atoms with Gasteiger partial charge in [-0.25, -0.2) is 4.39 Å². The largest absolute Gasteiger partial charge is 0.489 e. The van der Waals surface area contributed by atoms with Crippen LogP contribution in [0.4, 0.5) is 4.39 Å². The van der Waals surface area contributed by atoms with Crippen molar-refractivity contribution in [2.75, 3.05) is 0 Å². The number of rotatable bonds is 2. The van der Waals surface area contributed by atoms with E-state index in [0.29, 0.717) is 11.7 Å². The summed E-state index contributed by atoms with van der Waals surface area (Å²) in [7, 11) is 0. The van der Waals surface area contributed by atoms with Crippen molar-refractivity contribution >= 4 is 15.9 Å². The van der Waals surface area contributed by atoms with Gasteiger partial charge in [0.25, 0.3) is 0 Å². The standard InChI is InChI=1S/C14H18BrFO/c1-9-3-5-12(7-10(9)2)17-14-8-11(16)4-6-13(14)15/h4,6,8-10,12H,3,5,7H2,1-2H3. The fourth-order valence-electron chi connectivity index (χ4n) is 2.35. The zero-order valence-electron chi connectivity index (χ0n) is 10.2. The lowest BCUT2D eigenvalue weighted by Crippen LogP contribution is -2.28. The van der Waals surface area contributed by atoms with E-state index in [4.69, 9.17) is 4.74 Å². The Labute approximate surface area is 110 Å². The monoisotopic (exact) mass is 300 g/mol. The van der Waals surface area contributed by atoms with Gasteiger partial charge < -0.3 is 4.74 Å². The lowest BCUT2D eigenvalue weighted by molar-refractivity contribution is 0.0996. The maximum Gasteiger partial charge on any atom is 0.136 e. The normalized spacial score (nSPS) is 29.1. The molecule has 2 rings (SSSR count). The Morgan fingerprint density at radius 3 is 2.71 bits per heavy atom. The first kappa shape index (κ1) is 12.9. The molecule has 0 spiro atoms. The van der Waals surface area contributed by atoms with Crippen molar-refractivity contribution in [3.05, 3.63) is 28.5 Å². The van der Waals surface area contributed by atoms with Crippen molar-refractivity contribution in [3.63, 3.8) is 0 Å². The van der Waals surface area contributed by atoms with Crippen LogP contribution in [-0.2, 0) is 0 Å². The Balaban J connectivity index is 2.03. The molecule has 0 heterocycles. The minimum Gasteiger partial charge on any atom is -0.489 e. The van der Waals surface area contributed by atoms with Crippen LogP contribution < -0.4 is 4.74 Å². The van der Waals surface area contributed by atoms with Crippen LogP contribution >= 0.6 is 15.9 Å². The molecule has 1 nitrogen and oxygen atoms in total. The van der Waals surface area contributed by atoms with Gasteiger partial charge >= 0.3 is 0 Å². The van der Waals surface area contributed by atoms with E-state index in [0.717, 1.165) is 23.2 Å². The fraction of sp³-hybridized carbons (Fsp3) is 0.571. The minimum absolute atomic E-state index is 0.222. The van der Waals surface area contributed by atoms with Crippen LogP contribution in [0.1, 0.15) is 33.1 Å². The fourth-order valence-corrected chi connectivity index (χ4v) is 2.69.